The van der Waals surface area contributed by atoms with Crippen molar-refractivity contribution in [1.82, 2.24) is 5.32 Å². The summed E-state index contributed by atoms with van der Waals surface area (Å²) in [5.41, 5.74) is 5.32. The first-order valence-electron chi connectivity index (χ1n) is 4.32. The van der Waals surface area contributed by atoms with E-state index in [1.807, 2.05) is 0 Å². The lowest BCUT2D eigenvalue weighted by atomic mass is 10.2. The highest BCUT2D eigenvalue weighted by atomic mass is 16.3. The molecule has 1 rings (SSSR count). The standard InChI is InChI=1S/C8H16N2O2/c1-5(9)8(12)10-4-7(11)6-2-3-6/h5-7,11H,2-4,9H2,1H3,(H,10,12)/t5-,7?/m0/s1. The molecule has 1 amide bonds. The highest BCUT2D eigenvalue weighted by Gasteiger charge is 2.29. The van der Waals surface area contributed by atoms with Gasteiger partial charge in [0.2, 0.25) is 5.91 Å². The molecule has 1 aliphatic rings. The van der Waals surface area contributed by atoms with Gasteiger partial charge in [-0.25, -0.2) is 0 Å². The molecule has 0 heterocycles. The summed E-state index contributed by atoms with van der Waals surface area (Å²) in [5.74, 6) is 0.202. The SMILES string of the molecule is C[C@H](N)C(=O)NCC(O)C1CC1. The molecule has 0 aromatic carbocycles. The Bertz CT molecular complexity index is 166. The largest absolute Gasteiger partial charge is 0.391 e. The number of nitrogens with two attached hydrogens (primary N) is 1. The van der Waals surface area contributed by atoms with Crippen LogP contribution in [0.1, 0.15) is 19.8 Å². The predicted molar refractivity (Wildman–Crippen MR) is 45.4 cm³/mol. The third-order valence-electron chi connectivity index (χ3n) is 2.07. The van der Waals surface area contributed by atoms with Gasteiger partial charge in [0.15, 0.2) is 0 Å². The zero-order valence-corrected chi connectivity index (χ0v) is 7.29. The molecule has 0 aromatic rings. The Kier molecular flexibility index (Phi) is 3.05. The van der Waals surface area contributed by atoms with Crippen molar-refractivity contribution in [3.8, 4) is 0 Å². The van der Waals surface area contributed by atoms with E-state index in [0.717, 1.165) is 12.8 Å². The van der Waals surface area contributed by atoms with Gasteiger partial charge in [0.1, 0.15) is 0 Å². The van der Waals surface area contributed by atoms with Crippen LogP contribution in [0.4, 0.5) is 0 Å². The Labute approximate surface area is 72.1 Å². The number of nitrogens with one attached hydrogen (secondary N) is 1. The van der Waals surface area contributed by atoms with Gasteiger partial charge in [-0.1, -0.05) is 0 Å². The molecule has 0 saturated heterocycles. The van der Waals surface area contributed by atoms with Gasteiger partial charge in [-0.2, -0.15) is 0 Å². The van der Waals surface area contributed by atoms with Crippen LogP contribution in [0.2, 0.25) is 0 Å². The summed E-state index contributed by atoms with van der Waals surface area (Å²) < 4.78 is 0. The van der Waals surface area contributed by atoms with Gasteiger partial charge in [0.25, 0.3) is 0 Å². The number of rotatable bonds is 4. The Morgan fingerprint density at radius 3 is 2.75 bits per heavy atom. The average Bonchev–Trinajstić information content (AvgIpc) is 2.81. The number of aliphatic hydroxyl groups excluding tert-OH is 1. The number of hydrogen-bond donors (Lipinski definition) is 3. The first kappa shape index (κ1) is 9.48. The van der Waals surface area contributed by atoms with Crippen molar-refractivity contribution in [2.75, 3.05) is 6.54 Å². The van der Waals surface area contributed by atoms with Gasteiger partial charge in [-0.15, -0.1) is 0 Å². The van der Waals surface area contributed by atoms with Crippen molar-refractivity contribution >= 4 is 5.91 Å². The van der Waals surface area contributed by atoms with E-state index in [1.165, 1.54) is 0 Å². The van der Waals surface area contributed by atoms with Crippen molar-refractivity contribution in [3.63, 3.8) is 0 Å². The Hall–Kier alpha value is -0.610. The lowest BCUT2D eigenvalue weighted by Crippen LogP contribution is -2.42. The molecule has 12 heavy (non-hydrogen) atoms. The van der Waals surface area contributed by atoms with Crippen LogP contribution < -0.4 is 11.1 Å². The molecule has 0 bridgehead atoms. The number of carbonyl (C=O) groups is 1. The number of aliphatic hydroxyl groups is 1. The van der Waals surface area contributed by atoms with Gasteiger partial charge >= 0.3 is 0 Å². The molecular weight excluding hydrogens is 156 g/mol. The Morgan fingerprint density at radius 1 is 1.75 bits per heavy atom. The maximum Gasteiger partial charge on any atom is 0.236 e. The minimum Gasteiger partial charge on any atom is -0.391 e. The van der Waals surface area contributed by atoms with Crippen molar-refractivity contribution in [1.29, 1.82) is 0 Å². The lowest BCUT2D eigenvalue weighted by Gasteiger charge is -2.11. The van der Waals surface area contributed by atoms with Crippen molar-refractivity contribution in [3.05, 3.63) is 0 Å². The normalized spacial score (nSPS) is 21.6. The van der Waals surface area contributed by atoms with Crippen LogP contribution in [0.3, 0.4) is 0 Å². The van der Waals surface area contributed by atoms with Crippen molar-refractivity contribution in [2.24, 2.45) is 11.7 Å². The molecule has 2 atom stereocenters. The quantitative estimate of drug-likeness (QED) is 0.520. The summed E-state index contributed by atoms with van der Waals surface area (Å²) in [6.45, 7) is 1.96. The van der Waals surface area contributed by atoms with E-state index in [1.54, 1.807) is 6.92 Å². The van der Waals surface area contributed by atoms with E-state index in [-0.39, 0.29) is 12.0 Å². The molecule has 1 aliphatic carbocycles. The molecule has 0 aromatic heterocycles. The van der Waals surface area contributed by atoms with Crippen LogP contribution in [0, 0.1) is 5.92 Å². The molecule has 70 valence electrons. The van der Waals surface area contributed by atoms with Gasteiger partial charge in [-0.05, 0) is 25.7 Å². The fourth-order valence-corrected chi connectivity index (χ4v) is 1.01. The second-order valence-corrected chi connectivity index (χ2v) is 3.44. The molecular formula is C8H16N2O2. The molecule has 1 fully saturated rings. The van der Waals surface area contributed by atoms with Gasteiger partial charge in [0, 0.05) is 6.54 Å². The van der Waals surface area contributed by atoms with Gasteiger partial charge in [0.05, 0.1) is 12.1 Å². The van der Waals surface area contributed by atoms with Crippen LogP contribution in [0.5, 0.6) is 0 Å². The first-order valence-corrected chi connectivity index (χ1v) is 4.32. The zero-order chi connectivity index (χ0) is 9.14. The van der Waals surface area contributed by atoms with Crippen LogP contribution >= 0.6 is 0 Å². The molecule has 4 N–H and O–H groups in total. The Morgan fingerprint density at radius 2 is 2.33 bits per heavy atom. The van der Waals surface area contributed by atoms with Crippen LogP contribution in [0.25, 0.3) is 0 Å². The van der Waals surface area contributed by atoms with Gasteiger partial charge in [-0.3, -0.25) is 4.79 Å². The highest BCUT2D eigenvalue weighted by Crippen LogP contribution is 2.32. The maximum atomic E-state index is 10.9. The molecule has 0 aliphatic heterocycles. The average molecular weight is 172 g/mol. The molecule has 0 radical (unpaired) electrons. The van der Waals surface area contributed by atoms with E-state index in [2.05, 4.69) is 5.32 Å². The first-order chi connectivity index (χ1) is 5.61. The van der Waals surface area contributed by atoms with Crippen molar-refractivity contribution < 1.29 is 9.90 Å². The van der Waals surface area contributed by atoms with Crippen LogP contribution in [-0.2, 0) is 4.79 Å². The molecule has 4 nitrogen and oxygen atoms in total. The number of hydrogen-bond acceptors (Lipinski definition) is 3. The fraction of sp³-hybridized carbons (Fsp3) is 0.875. The predicted octanol–water partition coefficient (Wildman–Crippen LogP) is -0.779. The zero-order valence-electron chi connectivity index (χ0n) is 7.29. The summed E-state index contributed by atoms with van der Waals surface area (Å²) in [4.78, 5) is 10.9. The summed E-state index contributed by atoms with van der Waals surface area (Å²) >= 11 is 0. The van der Waals surface area contributed by atoms with Crippen LogP contribution in [0.15, 0.2) is 0 Å². The molecule has 1 saturated carbocycles. The number of carbonyl (C=O) groups excluding carboxylic acids is 1. The topological polar surface area (TPSA) is 75.4 Å². The van der Waals surface area contributed by atoms with E-state index in [0.29, 0.717) is 12.5 Å². The van der Waals surface area contributed by atoms with E-state index in [4.69, 9.17) is 5.73 Å². The monoisotopic (exact) mass is 172 g/mol. The summed E-state index contributed by atoms with van der Waals surface area (Å²) in [6, 6.07) is -0.489. The maximum absolute atomic E-state index is 10.9. The minimum absolute atomic E-state index is 0.199. The molecule has 0 spiro atoms. The molecule has 1 unspecified atom stereocenters. The summed E-state index contributed by atoms with van der Waals surface area (Å²) in [6.07, 6.45) is 1.78. The molecule has 4 heteroatoms. The third kappa shape index (κ3) is 2.79. The Balaban J connectivity index is 2.11. The van der Waals surface area contributed by atoms with E-state index >= 15 is 0 Å². The smallest absolute Gasteiger partial charge is 0.236 e. The van der Waals surface area contributed by atoms with Crippen molar-refractivity contribution in [2.45, 2.75) is 31.9 Å². The lowest BCUT2D eigenvalue weighted by molar-refractivity contribution is -0.122. The highest BCUT2D eigenvalue weighted by molar-refractivity contribution is 5.80. The summed E-state index contributed by atoms with van der Waals surface area (Å²) in [5, 5.41) is 12.0. The minimum atomic E-state index is -0.489. The summed E-state index contributed by atoms with van der Waals surface area (Å²) in [7, 11) is 0. The second kappa shape index (κ2) is 3.87. The van der Waals surface area contributed by atoms with E-state index in [9.17, 15) is 9.90 Å². The fourth-order valence-electron chi connectivity index (χ4n) is 1.01. The van der Waals surface area contributed by atoms with Crippen LogP contribution in [-0.4, -0.2) is 29.7 Å². The second-order valence-electron chi connectivity index (χ2n) is 3.44. The van der Waals surface area contributed by atoms with Gasteiger partial charge < -0.3 is 16.2 Å². The number of amides is 1. The third-order valence-corrected chi connectivity index (χ3v) is 2.07. The van der Waals surface area contributed by atoms with E-state index < -0.39 is 6.04 Å².